The van der Waals surface area contributed by atoms with Gasteiger partial charge in [0.2, 0.25) is 0 Å². The average molecular weight is 341 g/mol. The molecule has 6 nitrogen and oxygen atoms in total. The second kappa shape index (κ2) is 6.34. The van der Waals surface area contributed by atoms with E-state index in [2.05, 4.69) is 10.4 Å². The van der Waals surface area contributed by atoms with Gasteiger partial charge < -0.3 is 10.4 Å². The van der Waals surface area contributed by atoms with Gasteiger partial charge in [-0.05, 0) is 32.0 Å². The van der Waals surface area contributed by atoms with Gasteiger partial charge in [-0.25, -0.2) is 4.68 Å². The molecular formula is C15H14F3N3O3. The van der Waals surface area contributed by atoms with Crippen LogP contribution < -0.4 is 5.32 Å². The maximum absolute atomic E-state index is 12.8. The van der Waals surface area contributed by atoms with Gasteiger partial charge in [0, 0.05) is 0 Å². The Morgan fingerprint density at radius 1 is 1.33 bits per heavy atom. The molecule has 24 heavy (non-hydrogen) atoms. The van der Waals surface area contributed by atoms with Crippen LogP contribution in [0.25, 0.3) is 5.69 Å². The van der Waals surface area contributed by atoms with Crippen LogP contribution >= 0.6 is 0 Å². The number of benzene rings is 1. The molecule has 2 rings (SSSR count). The summed E-state index contributed by atoms with van der Waals surface area (Å²) in [4.78, 5) is 22.8. The van der Waals surface area contributed by atoms with E-state index < -0.39 is 29.7 Å². The quantitative estimate of drug-likeness (QED) is 0.894. The number of halogens is 3. The number of hydrogen-bond donors (Lipinski definition) is 2. The minimum Gasteiger partial charge on any atom is -0.480 e. The van der Waals surface area contributed by atoms with Crippen molar-refractivity contribution in [2.75, 3.05) is 0 Å². The molecule has 0 bridgehead atoms. The molecule has 1 atom stereocenters. The molecule has 0 aliphatic carbocycles. The van der Waals surface area contributed by atoms with Gasteiger partial charge in [0.05, 0.1) is 28.7 Å². The second-order valence-corrected chi connectivity index (χ2v) is 5.14. The van der Waals surface area contributed by atoms with E-state index in [0.717, 1.165) is 12.1 Å². The molecule has 9 heteroatoms. The molecule has 1 aromatic carbocycles. The smallest absolute Gasteiger partial charge is 0.416 e. The molecule has 0 saturated heterocycles. The van der Waals surface area contributed by atoms with Crippen molar-refractivity contribution in [2.24, 2.45) is 0 Å². The maximum atomic E-state index is 12.8. The molecule has 0 spiro atoms. The fourth-order valence-electron chi connectivity index (χ4n) is 2.04. The Balaban J connectivity index is 2.34. The van der Waals surface area contributed by atoms with Crippen molar-refractivity contribution in [1.82, 2.24) is 15.1 Å². The maximum Gasteiger partial charge on any atom is 0.416 e. The highest BCUT2D eigenvalue weighted by molar-refractivity contribution is 5.97. The van der Waals surface area contributed by atoms with E-state index in [1.54, 1.807) is 0 Å². The average Bonchev–Trinajstić information content (AvgIpc) is 2.88. The van der Waals surface area contributed by atoms with E-state index in [4.69, 9.17) is 5.11 Å². The lowest BCUT2D eigenvalue weighted by Gasteiger charge is -2.11. The first-order chi connectivity index (χ1) is 11.1. The van der Waals surface area contributed by atoms with Crippen LogP contribution in [0.5, 0.6) is 0 Å². The summed E-state index contributed by atoms with van der Waals surface area (Å²) < 4.78 is 39.6. The lowest BCUT2D eigenvalue weighted by atomic mass is 10.2. The van der Waals surface area contributed by atoms with E-state index in [-0.39, 0.29) is 11.3 Å². The Hall–Kier alpha value is -2.84. The molecule has 1 aromatic heterocycles. The standard InChI is InChI=1S/C15H14F3N3O3/c1-8(14(23)24)20-13(22)12-7-19-21(9(12)2)11-5-3-4-10(6-11)15(16,17)18/h3-8H,1-2H3,(H,20,22)(H,23,24)/t8-/m0/s1. The highest BCUT2D eigenvalue weighted by Crippen LogP contribution is 2.30. The summed E-state index contributed by atoms with van der Waals surface area (Å²) in [5.74, 6) is -1.87. The number of carbonyl (C=O) groups excluding carboxylic acids is 1. The van der Waals surface area contributed by atoms with Gasteiger partial charge in [0.25, 0.3) is 5.91 Å². The van der Waals surface area contributed by atoms with Crippen LogP contribution in [0.2, 0.25) is 0 Å². The number of nitrogens with one attached hydrogen (secondary N) is 1. The number of aliphatic carboxylic acids is 1. The van der Waals surface area contributed by atoms with Crippen molar-refractivity contribution in [2.45, 2.75) is 26.1 Å². The Morgan fingerprint density at radius 2 is 2.00 bits per heavy atom. The lowest BCUT2D eigenvalue weighted by Crippen LogP contribution is -2.38. The number of carbonyl (C=O) groups is 2. The molecule has 128 valence electrons. The van der Waals surface area contributed by atoms with Crippen LogP contribution in [-0.2, 0) is 11.0 Å². The van der Waals surface area contributed by atoms with Crippen LogP contribution in [0.1, 0.15) is 28.5 Å². The molecule has 0 fully saturated rings. The highest BCUT2D eigenvalue weighted by atomic mass is 19.4. The predicted molar refractivity (Wildman–Crippen MR) is 77.9 cm³/mol. The summed E-state index contributed by atoms with van der Waals surface area (Å²) in [6.45, 7) is 2.81. The van der Waals surface area contributed by atoms with E-state index in [0.29, 0.717) is 5.69 Å². The molecular weight excluding hydrogens is 327 g/mol. The minimum atomic E-state index is -4.49. The number of carboxylic acid groups (broad SMARTS) is 1. The summed E-state index contributed by atoms with van der Waals surface area (Å²) >= 11 is 0. The fourth-order valence-corrected chi connectivity index (χ4v) is 2.04. The normalized spacial score (nSPS) is 12.7. The third kappa shape index (κ3) is 3.55. The van der Waals surface area contributed by atoms with Crippen LogP contribution in [0.4, 0.5) is 13.2 Å². The molecule has 1 amide bonds. The SMILES string of the molecule is Cc1c(C(=O)N[C@@H](C)C(=O)O)cnn1-c1cccc(C(F)(F)F)c1. The molecule has 2 N–H and O–H groups in total. The van der Waals surface area contributed by atoms with Gasteiger partial charge >= 0.3 is 12.1 Å². The summed E-state index contributed by atoms with van der Waals surface area (Å²) in [7, 11) is 0. The number of rotatable bonds is 4. The van der Waals surface area contributed by atoms with Crippen LogP contribution in [0, 0.1) is 6.92 Å². The fraction of sp³-hybridized carbons (Fsp3) is 0.267. The van der Waals surface area contributed by atoms with E-state index >= 15 is 0 Å². The van der Waals surface area contributed by atoms with Crippen molar-refractivity contribution in [3.8, 4) is 5.69 Å². The van der Waals surface area contributed by atoms with E-state index in [1.165, 1.54) is 36.9 Å². The van der Waals surface area contributed by atoms with Gasteiger partial charge in [-0.1, -0.05) is 6.07 Å². The first-order valence-electron chi connectivity index (χ1n) is 6.87. The van der Waals surface area contributed by atoms with Gasteiger partial charge in [0.1, 0.15) is 6.04 Å². The number of alkyl halides is 3. The summed E-state index contributed by atoms with van der Waals surface area (Å²) in [5.41, 5.74) is -0.307. The summed E-state index contributed by atoms with van der Waals surface area (Å²) in [6.07, 6.45) is -3.31. The zero-order chi connectivity index (χ0) is 18.1. The highest BCUT2D eigenvalue weighted by Gasteiger charge is 2.30. The largest absolute Gasteiger partial charge is 0.480 e. The first-order valence-corrected chi connectivity index (χ1v) is 6.87. The van der Waals surface area contributed by atoms with Crippen LogP contribution in [0.3, 0.4) is 0 Å². The number of nitrogens with zero attached hydrogens (tertiary/aromatic N) is 2. The molecule has 0 aliphatic rings. The Morgan fingerprint density at radius 3 is 2.58 bits per heavy atom. The summed E-state index contributed by atoms with van der Waals surface area (Å²) in [5, 5.41) is 15.0. The Kier molecular flexibility index (Phi) is 4.63. The van der Waals surface area contributed by atoms with E-state index in [1.807, 2.05) is 0 Å². The number of hydrogen-bond acceptors (Lipinski definition) is 3. The molecule has 2 aromatic rings. The van der Waals surface area contributed by atoms with Crippen molar-refractivity contribution in [3.05, 3.63) is 47.3 Å². The third-order valence-electron chi connectivity index (χ3n) is 3.39. The zero-order valence-corrected chi connectivity index (χ0v) is 12.8. The number of carboxylic acids is 1. The van der Waals surface area contributed by atoms with Gasteiger partial charge in [0.15, 0.2) is 0 Å². The van der Waals surface area contributed by atoms with Gasteiger partial charge in [-0.3, -0.25) is 9.59 Å². The molecule has 1 heterocycles. The van der Waals surface area contributed by atoms with Crippen molar-refractivity contribution < 1.29 is 27.9 Å². The first kappa shape index (κ1) is 17.5. The lowest BCUT2D eigenvalue weighted by molar-refractivity contribution is -0.139. The number of aromatic nitrogens is 2. The Labute approximate surface area is 134 Å². The second-order valence-electron chi connectivity index (χ2n) is 5.14. The van der Waals surface area contributed by atoms with Crippen molar-refractivity contribution in [1.29, 1.82) is 0 Å². The van der Waals surface area contributed by atoms with E-state index in [9.17, 15) is 22.8 Å². The molecule has 0 aliphatic heterocycles. The van der Waals surface area contributed by atoms with Crippen molar-refractivity contribution >= 4 is 11.9 Å². The monoisotopic (exact) mass is 341 g/mol. The Bertz CT molecular complexity index is 784. The number of amides is 1. The van der Waals surface area contributed by atoms with Crippen molar-refractivity contribution in [3.63, 3.8) is 0 Å². The predicted octanol–water partition coefficient (Wildman–Crippen LogP) is 2.40. The van der Waals surface area contributed by atoms with Gasteiger partial charge in [-0.2, -0.15) is 18.3 Å². The van der Waals surface area contributed by atoms with Gasteiger partial charge in [-0.15, -0.1) is 0 Å². The van der Waals surface area contributed by atoms with Crippen LogP contribution in [-0.4, -0.2) is 32.8 Å². The molecule has 0 unspecified atom stereocenters. The zero-order valence-electron chi connectivity index (χ0n) is 12.8. The molecule has 0 saturated carbocycles. The summed E-state index contributed by atoms with van der Waals surface area (Å²) in [6, 6.07) is 3.42. The topological polar surface area (TPSA) is 84.2 Å². The third-order valence-corrected chi connectivity index (χ3v) is 3.39. The van der Waals surface area contributed by atoms with Crippen LogP contribution in [0.15, 0.2) is 30.5 Å². The molecule has 0 radical (unpaired) electrons. The minimum absolute atomic E-state index is 0.0838.